The molecule has 0 radical (unpaired) electrons. The van der Waals surface area contributed by atoms with Crippen LogP contribution in [0.3, 0.4) is 0 Å². The topological polar surface area (TPSA) is 76.9 Å². The lowest BCUT2D eigenvalue weighted by atomic mass is 10.1. The van der Waals surface area contributed by atoms with E-state index in [1.54, 1.807) is 6.92 Å². The molecular formula is C20H20N4O2. The van der Waals surface area contributed by atoms with Crippen LogP contribution in [0.25, 0.3) is 11.3 Å². The Hall–Kier alpha value is -3.28. The van der Waals surface area contributed by atoms with Gasteiger partial charge in [-0.1, -0.05) is 48.0 Å². The molecule has 0 unspecified atom stereocenters. The second kappa shape index (κ2) is 7.31. The number of aryl methyl sites for hydroxylation is 2. The predicted molar refractivity (Wildman–Crippen MR) is 101 cm³/mol. The molecule has 0 spiro atoms. The Morgan fingerprint density at radius 1 is 1.08 bits per heavy atom. The van der Waals surface area contributed by atoms with Gasteiger partial charge in [0.1, 0.15) is 6.04 Å². The van der Waals surface area contributed by atoms with Gasteiger partial charge < -0.3 is 5.32 Å². The third-order valence-electron chi connectivity index (χ3n) is 4.21. The molecule has 0 bridgehead atoms. The smallest absolute Gasteiger partial charge is 0.324 e. The van der Waals surface area contributed by atoms with Crippen molar-refractivity contribution in [3.8, 4) is 11.3 Å². The van der Waals surface area contributed by atoms with Crippen LogP contribution in [0.2, 0.25) is 0 Å². The third-order valence-corrected chi connectivity index (χ3v) is 4.21. The molecule has 0 aliphatic carbocycles. The van der Waals surface area contributed by atoms with Crippen molar-refractivity contribution in [3.63, 3.8) is 0 Å². The molecule has 26 heavy (non-hydrogen) atoms. The van der Waals surface area contributed by atoms with E-state index in [0.717, 1.165) is 21.4 Å². The summed E-state index contributed by atoms with van der Waals surface area (Å²) >= 11 is 0. The largest absolute Gasteiger partial charge is 0.365 e. The molecule has 6 heteroatoms. The van der Waals surface area contributed by atoms with E-state index in [2.05, 4.69) is 15.4 Å². The van der Waals surface area contributed by atoms with Gasteiger partial charge in [0.05, 0.1) is 11.9 Å². The summed E-state index contributed by atoms with van der Waals surface area (Å²) in [7, 11) is 0. The van der Waals surface area contributed by atoms with Gasteiger partial charge in [0.2, 0.25) is 5.91 Å². The van der Waals surface area contributed by atoms with Crippen LogP contribution in [0.4, 0.5) is 5.69 Å². The first-order valence-electron chi connectivity index (χ1n) is 8.35. The minimum atomic E-state index is -0.776. The number of nitrogens with one attached hydrogen (secondary N) is 1. The number of hydrogen-bond acceptors (Lipinski definition) is 4. The molecule has 3 aromatic rings. The van der Waals surface area contributed by atoms with Crippen molar-refractivity contribution in [1.82, 2.24) is 14.8 Å². The first kappa shape index (κ1) is 17.5. The minimum Gasteiger partial charge on any atom is -0.324 e. The molecule has 1 heterocycles. The number of anilines is 1. The number of amides is 1. The first-order chi connectivity index (χ1) is 12.5. The summed E-state index contributed by atoms with van der Waals surface area (Å²) in [5.41, 5.74) is 3.51. The zero-order valence-electron chi connectivity index (χ0n) is 14.9. The van der Waals surface area contributed by atoms with Gasteiger partial charge in [-0.3, -0.25) is 4.79 Å². The minimum absolute atomic E-state index is 0.321. The average Bonchev–Trinajstić information content (AvgIpc) is 2.63. The normalized spacial score (nSPS) is 11.8. The number of para-hydroxylation sites is 1. The van der Waals surface area contributed by atoms with Gasteiger partial charge >= 0.3 is 5.69 Å². The number of aromatic nitrogens is 3. The van der Waals surface area contributed by atoms with Crippen molar-refractivity contribution >= 4 is 11.6 Å². The Morgan fingerprint density at radius 2 is 1.77 bits per heavy atom. The van der Waals surface area contributed by atoms with E-state index in [1.165, 1.54) is 6.20 Å². The van der Waals surface area contributed by atoms with Crippen LogP contribution < -0.4 is 11.0 Å². The molecule has 0 saturated heterocycles. The number of carbonyl (C=O) groups excluding carboxylic acids is 1. The highest BCUT2D eigenvalue weighted by Gasteiger charge is 2.19. The van der Waals surface area contributed by atoms with Crippen molar-refractivity contribution in [2.45, 2.75) is 26.8 Å². The maximum atomic E-state index is 12.5. The summed E-state index contributed by atoms with van der Waals surface area (Å²) in [6, 6.07) is 14.3. The SMILES string of the molecule is Cc1ccc(-c2cnn([C@@H](C)C(=O)Nc3ccccc3C)c(=O)n2)cc1. The fraction of sp³-hybridized carbons (Fsp3) is 0.200. The first-order valence-corrected chi connectivity index (χ1v) is 8.35. The summed E-state index contributed by atoms with van der Waals surface area (Å²) in [5.74, 6) is -0.321. The van der Waals surface area contributed by atoms with E-state index in [1.807, 2.05) is 62.4 Å². The number of rotatable bonds is 4. The number of hydrogen-bond donors (Lipinski definition) is 1. The van der Waals surface area contributed by atoms with Crippen LogP contribution in [0.5, 0.6) is 0 Å². The van der Waals surface area contributed by atoms with E-state index in [9.17, 15) is 9.59 Å². The highest BCUT2D eigenvalue weighted by Crippen LogP contribution is 2.17. The zero-order chi connectivity index (χ0) is 18.7. The molecule has 1 atom stereocenters. The average molecular weight is 348 g/mol. The van der Waals surface area contributed by atoms with Crippen molar-refractivity contribution < 1.29 is 4.79 Å². The van der Waals surface area contributed by atoms with E-state index < -0.39 is 11.7 Å². The lowest BCUT2D eigenvalue weighted by molar-refractivity contribution is -0.119. The quantitative estimate of drug-likeness (QED) is 0.786. The predicted octanol–water partition coefficient (Wildman–Crippen LogP) is 3.12. The van der Waals surface area contributed by atoms with Gasteiger partial charge in [0, 0.05) is 11.3 Å². The van der Waals surface area contributed by atoms with Gasteiger partial charge in [0.15, 0.2) is 0 Å². The maximum absolute atomic E-state index is 12.5. The molecule has 3 rings (SSSR count). The van der Waals surface area contributed by atoms with Gasteiger partial charge in [0.25, 0.3) is 0 Å². The Labute approximate surface area is 151 Å². The van der Waals surface area contributed by atoms with Crippen LogP contribution in [0.15, 0.2) is 59.5 Å². The Bertz CT molecular complexity index is 993. The highest BCUT2D eigenvalue weighted by molar-refractivity contribution is 5.94. The van der Waals surface area contributed by atoms with E-state index in [4.69, 9.17) is 0 Å². The zero-order valence-corrected chi connectivity index (χ0v) is 14.9. The molecule has 2 aromatic carbocycles. The number of benzene rings is 2. The van der Waals surface area contributed by atoms with Crippen molar-refractivity contribution in [3.05, 3.63) is 76.3 Å². The third kappa shape index (κ3) is 3.69. The maximum Gasteiger partial charge on any atom is 0.365 e. The van der Waals surface area contributed by atoms with Crippen molar-refractivity contribution in [1.29, 1.82) is 0 Å². The molecule has 0 fully saturated rings. The van der Waals surface area contributed by atoms with Crippen LogP contribution in [-0.2, 0) is 4.79 Å². The highest BCUT2D eigenvalue weighted by atomic mass is 16.2. The fourth-order valence-electron chi connectivity index (χ4n) is 2.54. The number of nitrogens with zero attached hydrogens (tertiary/aromatic N) is 3. The van der Waals surface area contributed by atoms with Crippen LogP contribution in [0, 0.1) is 13.8 Å². The second-order valence-corrected chi connectivity index (χ2v) is 6.21. The molecule has 0 aliphatic rings. The van der Waals surface area contributed by atoms with Crippen LogP contribution >= 0.6 is 0 Å². The van der Waals surface area contributed by atoms with E-state index in [-0.39, 0.29) is 5.91 Å². The lowest BCUT2D eigenvalue weighted by Crippen LogP contribution is -2.35. The molecule has 1 N–H and O–H groups in total. The van der Waals surface area contributed by atoms with Gasteiger partial charge in [-0.25, -0.2) is 9.48 Å². The van der Waals surface area contributed by atoms with Gasteiger partial charge in [-0.15, -0.1) is 0 Å². The standard InChI is InChI=1S/C20H20N4O2/c1-13-8-10-16(11-9-13)18-12-21-24(20(26)23-18)15(3)19(25)22-17-7-5-4-6-14(17)2/h4-12,15H,1-3H3,(H,22,25)/t15-/m0/s1. The molecule has 132 valence electrons. The summed E-state index contributed by atoms with van der Waals surface area (Å²) in [4.78, 5) is 28.9. The van der Waals surface area contributed by atoms with Crippen LogP contribution in [0.1, 0.15) is 24.1 Å². The Kier molecular flexibility index (Phi) is 4.93. The van der Waals surface area contributed by atoms with Gasteiger partial charge in [-0.2, -0.15) is 10.1 Å². The van der Waals surface area contributed by atoms with Gasteiger partial charge in [-0.05, 0) is 32.4 Å². The number of carbonyl (C=O) groups is 1. The molecular weight excluding hydrogens is 328 g/mol. The summed E-state index contributed by atoms with van der Waals surface area (Å²) in [5, 5.41) is 6.96. The molecule has 0 saturated carbocycles. The molecule has 6 nitrogen and oxygen atoms in total. The van der Waals surface area contributed by atoms with Crippen LogP contribution in [-0.4, -0.2) is 20.7 Å². The molecule has 1 aromatic heterocycles. The Morgan fingerprint density at radius 3 is 2.42 bits per heavy atom. The summed E-state index contributed by atoms with van der Waals surface area (Å²) in [6.45, 7) is 5.51. The monoisotopic (exact) mass is 348 g/mol. The van der Waals surface area contributed by atoms with Crippen molar-refractivity contribution in [2.24, 2.45) is 0 Å². The molecule has 0 aliphatic heterocycles. The summed E-state index contributed by atoms with van der Waals surface area (Å²) in [6.07, 6.45) is 1.50. The molecule has 1 amide bonds. The van der Waals surface area contributed by atoms with Crippen molar-refractivity contribution in [2.75, 3.05) is 5.32 Å². The second-order valence-electron chi connectivity index (χ2n) is 6.21. The van der Waals surface area contributed by atoms with E-state index in [0.29, 0.717) is 11.4 Å². The fourth-order valence-corrected chi connectivity index (χ4v) is 2.54. The van der Waals surface area contributed by atoms with E-state index >= 15 is 0 Å². The Balaban J connectivity index is 1.82. The summed E-state index contributed by atoms with van der Waals surface area (Å²) < 4.78 is 1.09. The lowest BCUT2D eigenvalue weighted by Gasteiger charge is -2.15.